The lowest BCUT2D eigenvalue weighted by Crippen LogP contribution is -2.69. The number of carbonyl (C=O) groups excluding carboxylic acids is 3. The smallest absolute Gasteiger partial charge is 0.235 e. The summed E-state index contributed by atoms with van der Waals surface area (Å²) in [5, 5.41) is 2.81. The van der Waals surface area contributed by atoms with Crippen molar-refractivity contribution in [2.75, 3.05) is 26.3 Å². The highest BCUT2D eigenvalue weighted by Gasteiger charge is 2.56. The molecule has 0 aliphatic carbocycles. The number of morpholine rings is 1. The molecule has 7 nitrogen and oxygen atoms in total. The average molecular weight is 803 g/mol. The van der Waals surface area contributed by atoms with Crippen molar-refractivity contribution >= 4 is 54.0 Å². The van der Waals surface area contributed by atoms with Gasteiger partial charge in [-0.05, 0) is 53.0 Å². The maximum absolute atomic E-state index is 15.2. The first-order valence-electron chi connectivity index (χ1n) is 20.3. The number of ether oxygens (including phenoxy) is 1. The maximum Gasteiger partial charge on any atom is 0.235 e. The van der Waals surface area contributed by atoms with Crippen molar-refractivity contribution in [3.8, 4) is 0 Å². The number of ketones is 2. The summed E-state index contributed by atoms with van der Waals surface area (Å²) in [7, 11) is -2.33. The standard InChI is InChI=1S/C48H59N2O5PSi/c1-8-9-25-43(51)47(56(39-19-13-10-14-20-39,40-21-15-11-16-22-40)41-23-17-12-18-24-41)50-42(45(46(50)53)36(2)55-57(6,7)48(3,4)5)34-44(52)38-28-26-37(27-29-38)35-49-30-32-54-33-31-49/h8,10-24,26-29,36,42,45H,1,9,25,30-35H2,2-7H3/t36-,42+,45+/m0/s1. The molecule has 0 bridgehead atoms. The Labute approximate surface area is 341 Å². The summed E-state index contributed by atoms with van der Waals surface area (Å²) in [6, 6.07) is 37.7. The fourth-order valence-electron chi connectivity index (χ4n) is 7.99. The molecule has 2 aliphatic heterocycles. The van der Waals surface area contributed by atoms with Gasteiger partial charge in [0.15, 0.2) is 19.9 Å². The van der Waals surface area contributed by atoms with Gasteiger partial charge in [0.25, 0.3) is 0 Å². The third-order valence-electron chi connectivity index (χ3n) is 12.0. The van der Waals surface area contributed by atoms with Gasteiger partial charge in [-0.2, -0.15) is 0 Å². The predicted molar refractivity (Wildman–Crippen MR) is 238 cm³/mol. The van der Waals surface area contributed by atoms with Gasteiger partial charge < -0.3 is 14.1 Å². The van der Waals surface area contributed by atoms with E-state index in [9.17, 15) is 4.79 Å². The van der Waals surface area contributed by atoms with Crippen molar-refractivity contribution in [2.45, 2.75) is 83.8 Å². The maximum atomic E-state index is 15.2. The van der Waals surface area contributed by atoms with Crippen LogP contribution in [0.25, 0.3) is 0 Å². The van der Waals surface area contributed by atoms with Crippen LogP contribution in [-0.4, -0.2) is 79.5 Å². The SMILES string of the molecule is C=CCCC(=O)C(N1C(=O)[C@H]([C@H](C)O[Si](C)(C)C(C)(C)C)[C@H]1CC(=O)c1ccc(CN2CCOCC2)cc1)=P(c1ccccc1)(c1ccccc1)c1ccccc1. The fraction of sp³-hybridized carbons (Fsp3) is 0.375. The van der Waals surface area contributed by atoms with Gasteiger partial charge >= 0.3 is 0 Å². The molecule has 2 aliphatic rings. The Hall–Kier alpha value is -4.17. The average Bonchev–Trinajstić information content (AvgIpc) is 3.21. The molecule has 0 radical (unpaired) electrons. The second kappa shape index (κ2) is 18.2. The van der Waals surface area contributed by atoms with E-state index in [0.717, 1.165) is 54.3 Å². The summed E-state index contributed by atoms with van der Waals surface area (Å²) in [6.07, 6.45) is 1.98. The van der Waals surface area contributed by atoms with Gasteiger partial charge in [0.05, 0.1) is 36.7 Å². The van der Waals surface area contributed by atoms with Crippen LogP contribution < -0.4 is 15.9 Å². The molecule has 57 heavy (non-hydrogen) atoms. The summed E-state index contributed by atoms with van der Waals surface area (Å²) in [5.74, 6) is -0.973. The number of likely N-dealkylation sites (tertiary alicyclic amines) is 1. The lowest BCUT2D eigenvalue weighted by Gasteiger charge is -2.53. The number of hydrogen-bond acceptors (Lipinski definition) is 6. The summed E-state index contributed by atoms with van der Waals surface area (Å²) >= 11 is 0. The van der Waals surface area contributed by atoms with Crippen molar-refractivity contribution in [3.63, 3.8) is 0 Å². The molecule has 4 aromatic carbocycles. The third kappa shape index (κ3) is 8.96. The molecular weight excluding hydrogens is 744 g/mol. The normalized spacial score (nSPS) is 18.4. The second-order valence-electron chi connectivity index (χ2n) is 16.8. The minimum absolute atomic E-state index is 0.0566. The van der Waals surface area contributed by atoms with Crippen LogP contribution in [0.15, 0.2) is 128 Å². The molecule has 0 unspecified atom stereocenters. The van der Waals surface area contributed by atoms with Gasteiger partial charge in [-0.15, -0.1) is 6.58 Å². The Bertz CT molecular complexity index is 1970. The highest BCUT2D eigenvalue weighted by atomic mass is 31.2. The van der Waals surface area contributed by atoms with Gasteiger partial charge in [0, 0.05) is 44.9 Å². The zero-order valence-corrected chi connectivity index (χ0v) is 36.4. The van der Waals surface area contributed by atoms with Gasteiger partial charge in [-0.25, -0.2) is 0 Å². The van der Waals surface area contributed by atoms with E-state index in [2.05, 4.69) is 81.7 Å². The molecule has 0 spiro atoms. The molecule has 0 aromatic heterocycles. The summed E-state index contributed by atoms with van der Waals surface area (Å²) in [6.45, 7) is 17.8. The van der Waals surface area contributed by atoms with Crippen LogP contribution in [0.2, 0.25) is 18.1 Å². The van der Waals surface area contributed by atoms with Crippen LogP contribution in [0, 0.1) is 5.92 Å². The molecule has 300 valence electrons. The lowest BCUT2D eigenvalue weighted by molar-refractivity contribution is -0.154. The fourth-order valence-corrected chi connectivity index (χ4v) is 14.0. The molecule has 9 heteroatoms. The number of carbonyl (C=O) groups is 3. The van der Waals surface area contributed by atoms with Crippen molar-refractivity contribution < 1.29 is 23.5 Å². The van der Waals surface area contributed by atoms with E-state index in [-0.39, 0.29) is 35.4 Å². The van der Waals surface area contributed by atoms with Crippen LogP contribution in [0.4, 0.5) is 0 Å². The minimum Gasteiger partial charge on any atom is -0.413 e. The van der Waals surface area contributed by atoms with E-state index in [4.69, 9.17) is 9.16 Å². The van der Waals surface area contributed by atoms with E-state index < -0.39 is 33.3 Å². The number of β-lactam (4-membered cyclic amide) rings is 1. The van der Waals surface area contributed by atoms with E-state index >= 15 is 9.59 Å². The van der Waals surface area contributed by atoms with Crippen LogP contribution in [0.3, 0.4) is 0 Å². The van der Waals surface area contributed by atoms with Gasteiger partial charge in [0.1, 0.15) is 0 Å². The quantitative estimate of drug-likeness (QED) is 0.0376. The molecular formula is C48H59N2O5PSi. The number of Topliss-reactive ketones (excluding diaryl/α,β-unsaturated/α-hetero) is 2. The second-order valence-corrected chi connectivity index (χ2v) is 24.9. The van der Waals surface area contributed by atoms with Crippen LogP contribution in [0.5, 0.6) is 0 Å². The first-order chi connectivity index (χ1) is 27.3. The number of amides is 1. The number of nitrogens with zero attached hydrogens (tertiary/aromatic N) is 2. The number of hydrogen-bond donors (Lipinski definition) is 0. The van der Waals surface area contributed by atoms with E-state index in [0.29, 0.717) is 17.4 Å². The van der Waals surface area contributed by atoms with Crippen LogP contribution in [-0.2, 0) is 25.3 Å². The molecule has 1 amide bonds. The Morgan fingerprint density at radius 2 is 1.37 bits per heavy atom. The van der Waals surface area contributed by atoms with Crippen molar-refractivity contribution in [3.05, 3.63) is 139 Å². The highest BCUT2D eigenvalue weighted by molar-refractivity contribution is 7.96. The summed E-state index contributed by atoms with van der Waals surface area (Å²) < 4.78 is 12.5. The Balaban J connectivity index is 1.54. The first kappa shape index (κ1) is 42.4. The lowest BCUT2D eigenvalue weighted by atomic mass is 9.79. The number of rotatable bonds is 16. The van der Waals surface area contributed by atoms with Crippen molar-refractivity contribution in [2.24, 2.45) is 5.92 Å². The molecule has 2 fully saturated rings. The zero-order chi connectivity index (χ0) is 40.8. The van der Waals surface area contributed by atoms with Crippen LogP contribution >= 0.6 is 6.89 Å². The van der Waals surface area contributed by atoms with Gasteiger partial charge in [-0.3, -0.25) is 19.3 Å². The van der Waals surface area contributed by atoms with Gasteiger partial charge in [-0.1, -0.05) is 142 Å². The first-order valence-corrected chi connectivity index (χ1v) is 25.0. The number of benzene rings is 4. The topological polar surface area (TPSA) is 76.2 Å². The Kier molecular flexibility index (Phi) is 13.5. The number of allylic oxidation sites excluding steroid dienone is 1. The monoisotopic (exact) mass is 802 g/mol. The van der Waals surface area contributed by atoms with E-state index in [1.54, 1.807) is 11.0 Å². The highest BCUT2D eigenvalue weighted by Crippen LogP contribution is 2.51. The molecule has 4 aromatic rings. The largest absolute Gasteiger partial charge is 0.413 e. The van der Waals surface area contributed by atoms with E-state index in [1.165, 1.54) is 0 Å². The van der Waals surface area contributed by atoms with Crippen molar-refractivity contribution in [1.29, 1.82) is 0 Å². The van der Waals surface area contributed by atoms with Gasteiger partial charge in [0.2, 0.25) is 5.91 Å². The van der Waals surface area contributed by atoms with Crippen LogP contribution in [0.1, 0.15) is 62.9 Å². The Morgan fingerprint density at radius 1 is 0.860 bits per heavy atom. The summed E-state index contributed by atoms with van der Waals surface area (Å²) in [5.41, 5.74) is 2.19. The molecule has 0 saturated carbocycles. The molecule has 0 N–H and O–H groups in total. The summed E-state index contributed by atoms with van der Waals surface area (Å²) in [4.78, 5) is 49.1. The van der Waals surface area contributed by atoms with Crippen molar-refractivity contribution in [1.82, 2.24) is 9.80 Å². The Morgan fingerprint density at radius 3 is 1.84 bits per heavy atom. The zero-order valence-electron chi connectivity index (χ0n) is 34.5. The van der Waals surface area contributed by atoms with E-state index in [1.807, 2.05) is 85.8 Å². The molecule has 3 atom stereocenters. The third-order valence-corrected chi connectivity index (χ3v) is 20.9. The molecule has 6 rings (SSSR count). The minimum atomic E-state index is -3.04. The molecule has 2 heterocycles. The predicted octanol–water partition coefficient (Wildman–Crippen LogP) is 7.99. The molecule has 2 saturated heterocycles.